The van der Waals surface area contributed by atoms with E-state index in [1.165, 1.54) is 18.2 Å². The van der Waals surface area contributed by atoms with E-state index >= 15 is 0 Å². The Balaban J connectivity index is 1.38. The number of ether oxygens (including phenoxy) is 1. The first-order valence-corrected chi connectivity index (χ1v) is 10.6. The van der Waals surface area contributed by atoms with Crippen molar-refractivity contribution < 1.29 is 22.8 Å². The molecule has 1 fully saturated rings. The molecule has 2 aromatic carbocycles. The number of rotatable bonds is 6. The van der Waals surface area contributed by atoms with Crippen molar-refractivity contribution in [3.63, 3.8) is 0 Å². The SMILES string of the molecule is Cc1onc(C(=O)N2CCN(Cc3c(F)cccc3Cl)CC2)c1COc1cccc(F)c1. The van der Waals surface area contributed by atoms with Gasteiger partial charge in [0.2, 0.25) is 0 Å². The Hall–Kier alpha value is -2.97. The van der Waals surface area contributed by atoms with Crippen LogP contribution in [0.4, 0.5) is 8.78 Å². The molecule has 9 heteroatoms. The Bertz CT molecular complexity index is 1090. The molecular formula is C23H22ClF2N3O3. The highest BCUT2D eigenvalue weighted by Gasteiger charge is 2.28. The number of aryl methyl sites for hydroxylation is 1. The van der Waals surface area contributed by atoms with Crippen LogP contribution in [0.15, 0.2) is 47.0 Å². The molecule has 1 aliphatic rings. The largest absolute Gasteiger partial charge is 0.489 e. The summed E-state index contributed by atoms with van der Waals surface area (Å²) in [6.07, 6.45) is 0. The molecule has 6 nitrogen and oxygen atoms in total. The molecule has 0 N–H and O–H groups in total. The third-order valence-corrected chi connectivity index (χ3v) is 5.82. The molecule has 1 aliphatic heterocycles. The van der Waals surface area contributed by atoms with Crippen LogP contribution < -0.4 is 4.74 Å². The highest BCUT2D eigenvalue weighted by Crippen LogP contribution is 2.23. The van der Waals surface area contributed by atoms with Gasteiger partial charge in [-0.2, -0.15) is 0 Å². The van der Waals surface area contributed by atoms with Gasteiger partial charge in [0.25, 0.3) is 5.91 Å². The second kappa shape index (κ2) is 9.67. The molecule has 4 rings (SSSR count). The molecule has 2 heterocycles. The molecule has 0 bridgehead atoms. The van der Waals surface area contributed by atoms with Gasteiger partial charge in [0, 0.05) is 49.4 Å². The zero-order valence-electron chi connectivity index (χ0n) is 17.5. The standard InChI is InChI=1S/C23H22ClF2N3O3/c1-15-19(14-31-17-5-2-4-16(25)12-17)22(27-32-15)23(30)29-10-8-28(9-11-29)13-18-20(24)6-3-7-21(18)26/h2-7,12H,8-11,13-14H2,1H3. The summed E-state index contributed by atoms with van der Waals surface area (Å²) in [5, 5.41) is 4.32. The van der Waals surface area contributed by atoms with E-state index in [0.29, 0.717) is 60.4 Å². The minimum Gasteiger partial charge on any atom is -0.489 e. The number of hydrogen-bond acceptors (Lipinski definition) is 5. The van der Waals surface area contributed by atoms with Crippen molar-refractivity contribution in [2.45, 2.75) is 20.1 Å². The fourth-order valence-corrected chi connectivity index (χ4v) is 3.83. The Labute approximate surface area is 189 Å². The van der Waals surface area contributed by atoms with Crippen LogP contribution in [0.5, 0.6) is 5.75 Å². The van der Waals surface area contributed by atoms with Crippen molar-refractivity contribution in [1.29, 1.82) is 0 Å². The Kier molecular flexibility index (Phi) is 6.72. The first-order valence-electron chi connectivity index (χ1n) is 10.2. The molecular weight excluding hydrogens is 440 g/mol. The smallest absolute Gasteiger partial charge is 0.276 e. The van der Waals surface area contributed by atoms with E-state index in [-0.39, 0.29) is 24.0 Å². The van der Waals surface area contributed by atoms with Crippen molar-refractivity contribution in [3.8, 4) is 5.75 Å². The summed E-state index contributed by atoms with van der Waals surface area (Å²) in [6, 6.07) is 10.4. The van der Waals surface area contributed by atoms with Gasteiger partial charge < -0.3 is 14.2 Å². The van der Waals surface area contributed by atoms with E-state index in [1.54, 1.807) is 36.1 Å². The first kappa shape index (κ1) is 22.2. The fourth-order valence-electron chi connectivity index (χ4n) is 3.61. The maximum Gasteiger partial charge on any atom is 0.276 e. The predicted octanol–water partition coefficient (Wildman–Crippen LogP) is 4.45. The quantitative estimate of drug-likeness (QED) is 0.542. The summed E-state index contributed by atoms with van der Waals surface area (Å²) in [6.45, 7) is 4.17. The van der Waals surface area contributed by atoms with E-state index < -0.39 is 5.82 Å². The highest BCUT2D eigenvalue weighted by atomic mass is 35.5. The maximum absolute atomic E-state index is 14.1. The van der Waals surface area contributed by atoms with Gasteiger partial charge in [-0.05, 0) is 31.2 Å². The van der Waals surface area contributed by atoms with E-state index in [2.05, 4.69) is 10.1 Å². The number of carbonyl (C=O) groups excluding carboxylic acids is 1. The number of amides is 1. The molecule has 168 valence electrons. The fraction of sp³-hybridized carbons (Fsp3) is 0.304. The molecule has 3 aromatic rings. The van der Waals surface area contributed by atoms with Crippen LogP contribution in [0.25, 0.3) is 0 Å². The van der Waals surface area contributed by atoms with Gasteiger partial charge in [-0.15, -0.1) is 0 Å². The summed E-state index contributed by atoms with van der Waals surface area (Å²) in [7, 11) is 0. The van der Waals surface area contributed by atoms with Crippen LogP contribution in [0.1, 0.15) is 27.4 Å². The normalized spacial score (nSPS) is 14.6. The van der Waals surface area contributed by atoms with Crippen LogP contribution in [0.2, 0.25) is 5.02 Å². The van der Waals surface area contributed by atoms with E-state index in [9.17, 15) is 13.6 Å². The molecule has 0 atom stereocenters. The monoisotopic (exact) mass is 461 g/mol. The summed E-state index contributed by atoms with van der Waals surface area (Å²) in [4.78, 5) is 16.8. The Morgan fingerprint density at radius 2 is 1.88 bits per heavy atom. The lowest BCUT2D eigenvalue weighted by molar-refractivity contribution is 0.0614. The highest BCUT2D eigenvalue weighted by molar-refractivity contribution is 6.31. The second-order valence-corrected chi connectivity index (χ2v) is 7.99. The van der Waals surface area contributed by atoms with Crippen molar-refractivity contribution in [1.82, 2.24) is 15.0 Å². The van der Waals surface area contributed by atoms with Gasteiger partial charge in [0.1, 0.15) is 29.8 Å². The minimum atomic E-state index is -0.407. The van der Waals surface area contributed by atoms with E-state index in [4.69, 9.17) is 20.9 Å². The molecule has 1 amide bonds. The number of aromatic nitrogens is 1. The number of hydrogen-bond donors (Lipinski definition) is 0. The van der Waals surface area contributed by atoms with Gasteiger partial charge in [0.15, 0.2) is 5.69 Å². The third kappa shape index (κ3) is 4.92. The number of nitrogens with zero attached hydrogens (tertiary/aromatic N) is 3. The molecule has 0 saturated carbocycles. The topological polar surface area (TPSA) is 58.8 Å². The van der Waals surface area contributed by atoms with Gasteiger partial charge in [-0.1, -0.05) is 28.9 Å². The van der Waals surface area contributed by atoms with Gasteiger partial charge in [-0.3, -0.25) is 9.69 Å². The molecule has 0 aliphatic carbocycles. The van der Waals surface area contributed by atoms with Crippen molar-refractivity contribution in [2.75, 3.05) is 26.2 Å². The zero-order valence-corrected chi connectivity index (χ0v) is 18.2. The number of piperazine rings is 1. The van der Waals surface area contributed by atoms with Gasteiger partial charge in [-0.25, -0.2) is 8.78 Å². The number of halogens is 3. The molecule has 1 aromatic heterocycles. The third-order valence-electron chi connectivity index (χ3n) is 5.47. The Morgan fingerprint density at radius 1 is 1.12 bits per heavy atom. The molecule has 0 unspecified atom stereocenters. The Morgan fingerprint density at radius 3 is 2.59 bits per heavy atom. The maximum atomic E-state index is 14.1. The molecule has 1 saturated heterocycles. The van der Waals surface area contributed by atoms with Gasteiger partial charge in [0.05, 0.1) is 5.56 Å². The second-order valence-electron chi connectivity index (χ2n) is 7.58. The van der Waals surface area contributed by atoms with Crippen LogP contribution in [-0.4, -0.2) is 47.0 Å². The van der Waals surface area contributed by atoms with Gasteiger partial charge >= 0.3 is 0 Å². The number of carbonyl (C=O) groups is 1. The average Bonchev–Trinajstić information content (AvgIpc) is 3.15. The zero-order chi connectivity index (χ0) is 22.7. The van der Waals surface area contributed by atoms with Crippen LogP contribution in [0, 0.1) is 18.6 Å². The summed E-state index contributed by atoms with van der Waals surface area (Å²) in [5.41, 5.74) is 1.17. The van der Waals surface area contributed by atoms with Crippen LogP contribution in [-0.2, 0) is 13.2 Å². The van der Waals surface area contributed by atoms with Crippen molar-refractivity contribution in [2.24, 2.45) is 0 Å². The number of benzene rings is 2. The molecule has 0 radical (unpaired) electrons. The summed E-state index contributed by atoms with van der Waals surface area (Å²) in [5.74, 6) is -0.183. The van der Waals surface area contributed by atoms with Crippen molar-refractivity contribution >= 4 is 17.5 Å². The van der Waals surface area contributed by atoms with E-state index in [1.807, 2.05) is 0 Å². The summed E-state index contributed by atoms with van der Waals surface area (Å²) < 4.78 is 38.3. The predicted molar refractivity (Wildman–Crippen MR) is 115 cm³/mol. The first-order chi connectivity index (χ1) is 15.4. The summed E-state index contributed by atoms with van der Waals surface area (Å²) >= 11 is 6.13. The van der Waals surface area contributed by atoms with E-state index in [0.717, 1.165) is 0 Å². The minimum absolute atomic E-state index is 0.0333. The lowest BCUT2D eigenvalue weighted by Crippen LogP contribution is -2.48. The lowest BCUT2D eigenvalue weighted by Gasteiger charge is -2.34. The average molecular weight is 462 g/mol. The van der Waals surface area contributed by atoms with Crippen molar-refractivity contribution in [3.05, 3.63) is 81.7 Å². The molecule has 32 heavy (non-hydrogen) atoms. The van der Waals surface area contributed by atoms with Crippen LogP contribution >= 0.6 is 11.6 Å². The lowest BCUT2D eigenvalue weighted by atomic mass is 10.1. The molecule has 0 spiro atoms. The van der Waals surface area contributed by atoms with Crippen LogP contribution in [0.3, 0.4) is 0 Å².